The summed E-state index contributed by atoms with van der Waals surface area (Å²) in [7, 11) is 0. The summed E-state index contributed by atoms with van der Waals surface area (Å²) in [6, 6.07) is 8.18. The molecule has 8 heteroatoms. The Bertz CT molecular complexity index is 734. The molecule has 0 bridgehead atoms. The molecule has 2 rings (SSSR count). The van der Waals surface area contributed by atoms with Gasteiger partial charge in [-0.25, -0.2) is 8.78 Å². The van der Waals surface area contributed by atoms with Gasteiger partial charge in [-0.2, -0.15) is 5.26 Å². The van der Waals surface area contributed by atoms with Gasteiger partial charge in [0, 0.05) is 6.54 Å². The fraction of sp³-hybridized carbons (Fsp3) is 0.0714. The summed E-state index contributed by atoms with van der Waals surface area (Å²) in [6.07, 6.45) is 0. The van der Waals surface area contributed by atoms with Crippen molar-refractivity contribution in [3.63, 3.8) is 0 Å². The van der Waals surface area contributed by atoms with Gasteiger partial charge in [-0.15, -0.1) is 0 Å². The largest absolute Gasteiger partial charge is 0.326 e. The van der Waals surface area contributed by atoms with Crippen molar-refractivity contribution < 1.29 is 8.78 Å². The van der Waals surface area contributed by atoms with E-state index in [4.69, 9.17) is 34.2 Å². The number of rotatable bonds is 1. The van der Waals surface area contributed by atoms with Crippen LogP contribution in [0.25, 0.3) is 0 Å². The van der Waals surface area contributed by atoms with Crippen molar-refractivity contribution in [2.24, 2.45) is 5.73 Å². The molecule has 0 aliphatic carbocycles. The van der Waals surface area contributed by atoms with Crippen LogP contribution in [0.15, 0.2) is 24.3 Å². The van der Waals surface area contributed by atoms with Crippen LogP contribution in [0.2, 0.25) is 10.0 Å². The van der Waals surface area contributed by atoms with Crippen molar-refractivity contribution in [3.8, 4) is 6.07 Å². The Morgan fingerprint density at radius 3 is 2.00 bits per heavy atom. The quantitative estimate of drug-likeness (QED) is 0.366. The standard InChI is InChI=1S/C7H6ClFIN.C7H2ClFIN/c2*8-6-4(3-11)1-2-5(10)7(6)9/h1-2H,3,11H2;1-2H. The summed E-state index contributed by atoms with van der Waals surface area (Å²) in [4.78, 5) is 0. The monoisotopic (exact) mass is 566 g/mol. The van der Waals surface area contributed by atoms with Gasteiger partial charge in [0.15, 0.2) is 11.6 Å². The molecule has 0 heterocycles. The summed E-state index contributed by atoms with van der Waals surface area (Å²) in [6.45, 7) is 0.271. The molecule has 2 nitrogen and oxygen atoms in total. The third-order valence-corrected chi connectivity index (χ3v) is 4.94. The number of halogens is 6. The van der Waals surface area contributed by atoms with E-state index in [0.29, 0.717) is 12.7 Å². The zero-order valence-corrected chi connectivity index (χ0v) is 16.6. The maximum atomic E-state index is 13.0. The van der Waals surface area contributed by atoms with E-state index in [9.17, 15) is 8.78 Å². The van der Waals surface area contributed by atoms with Crippen LogP contribution in [0.4, 0.5) is 8.78 Å². The smallest absolute Gasteiger partial charge is 0.156 e. The maximum absolute atomic E-state index is 13.0. The molecular formula is C14H8Cl2F2I2N2. The summed E-state index contributed by atoms with van der Waals surface area (Å²) in [5, 5.41) is 8.47. The molecule has 0 atom stereocenters. The van der Waals surface area contributed by atoms with Gasteiger partial charge in [0.25, 0.3) is 0 Å². The Labute approximate surface area is 163 Å². The average molecular weight is 567 g/mol. The summed E-state index contributed by atoms with van der Waals surface area (Å²) in [5.74, 6) is -0.901. The Balaban J connectivity index is 0.000000220. The van der Waals surface area contributed by atoms with E-state index in [1.807, 2.05) is 45.2 Å². The lowest BCUT2D eigenvalue weighted by molar-refractivity contribution is 0.618. The van der Waals surface area contributed by atoms with Gasteiger partial charge in [-0.05, 0) is 68.9 Å². The molecule has 0 fully saturated rings. The lowest BCUT2D eigenvalue weighted by atomic mass is 10.2. The number of hydrogen-bond acceptors (Lipinski definition) is 2. The molecule has 0 aliphatic rings. The van der Waals surface area contributed by atoms with Gasteiger partial charge < -0.3 is 5.73 Å². The third kappa shape index (κ3) is 4.89. The third-order valence-electron chi connectivity index (χ3n) is 2.49. The Kier molecular flexibility index (Phi) is 8.27. The first-order valence-electron chi connectivity index (χ1n) is 5.69. The average Bonchev–Trinajstić information content (AvgIpc) is 2.51. The first-order valence-corrected chi connectivity index (χ1v) is 8.60. The minimum absolute atomic E-state index is 0.0978. The predicted octanol–water partition coefficient (Wildman–Crippen LogP) is 5.50. The van der Waals surface area contributed by atoms with Gasteiger partial charge in [0.1, 0.15) is 6.07 Å². The molecule has 0 unspecified atom stereocenters. The van der Waals surface area contributed by atoms with Crippen molar-refractivity contribution in [2.45, 2.75) is 6.54 Å². The molecule has 0 saturated carbocycles. The van der Waals surface area contributed by atoms with Gasteiger partial charge in [-0.3, -0.25) is 0 Å². The summed E-state index contributed by atoms with van der Waals surface area (Å²) < 4.78 is 26.8. The van der Waals surface area contributed by atoms with Crippen molar-refractivity contribution >= 4 is 68.4 Å². The molecule has 0 saturated heterocycles. The second-order valence-electron chi connectivity index (χ2n) is 3.87. The molecule has 0 aromatic heterocycles. The molecule has 22 heavy (non-hydrogen) atoms. The summed E-state index contributed by atoms with van der Waals surface area (Å²) >= 11 is 14.8. The van der Waals surface area contributed by atoms with E-state index >= 15 is 0 Å². The number of nitrogens with two attached hydrogens (primary N) is 1. The van der Waals surface area contributed by atoms with Gasteiger partial charge in [0.2, 0.25) is 0 Å². The van der Waals surface area contributed by atoms with E-state index < -0.39 is 5.82 Å². The Hall–Kier alpha value is -0.210. The second-order valence-corrected chi connectivity index (χ2v) is 6.95. The van der Waals surface area contributed by atoms with Crippen LogP contribution in [0.5, 0.6) is 0 Å². The maximum Gasteiger partial charge on any atom is 0.156 e. The molecular weight excluding hydrogens is 559 g/mol. The highest BCUT2D eigenvalue weighted by Gasteiger charge is 2.08. The number of hydrogen-bond donors (Lipinski definition) is 1. The van der Waals surface area contributed by atoms with Crippen LogP contribution in [-0.2, 0) is 6.54 Å². The van der Waals surface area contributed by atoms with Crippen molar-refractivity contribution in [1.82, 2.24) is 0 Å². The minimum Gasteiger partial charge on any atom is -0.326 e. The zero-order valence-electron chi connectivity index (χ0n) is 10.8. The fourth-order valence-electron chi connectivity index (χ4n) is 1.34. The SMILES string of the molecule is N#Cc1ccc(I)c(F)c1Cl.NCc1ccc(I)c(F)c1Cl. The molecule has 0 amide bonds. The normalized spacial score (nSPS) is 9.73. The van der Waals surface area contributed by atoms with Crippen LogP contribution >= 0.6 is 68.4 Å². The van der Waals surface area contributed by atoms with Gasteiger partial charge in [0.05, 0.1) is 22.7 Å². The van der Waals surface area contributed by atoms with Crippen LogP contribution < -0.4 is 5.73 Å². The Morgan fingerprint density at radius 1 is 1.00 bits per heavy atom. The molecule has 116 valence electrons. The van der Waals surface area contributed by atoms with Crippen LogP contribution in [0, 0.1) is 30.1 Å². The van der Waals surface area contributed by atoms with Crippen molar-refractivity contribution in [2.75, 3.05) is 0 Å². The van der Waals surface area contributed by atoms with E-state index in [0.717, 1.165) is 0 Å². The molecule has 2 aromatic rings. The highest BCUT2D eigenvalue weighted by atomic mass is 127. The zero-order chi connectivity index (χ0) is 16.9. The van der Waals surface area contributed by atoms with E-state index in [-0.39, 0.29) is 28.0 Å². The van der Waals surface area contributed by atoms with Crippen LogP contribution in [-0.4, -0.2) is 0 Å². The van der Waals surface area contributed by atoms with Crippen LogP contribution in [0.1, 0.15) is 11.1 Å². The van der Waals surface area contributed by atoms with Crippen molar-refractivity contribution in [3.05, 3.63) is 64.2 Å². The van der Waals surface area contributed by atoms with Crippen LogP contribution in [0.3, 0.4) is 0 Å². The highest BCUT2D eigenvalue weighted by Crippen LogP contribution is 2.24. The van der Waals surface area contributed by atoms with Crippen molar-refractivity contribution in [1.29, 1.82) is 5.26 Å². The summed E-state index contributed by atoms with van der Waals surface area (Å²) in [5.41, 5.74) is 6.13. The lowest BCUT2D eigenvalue weighted by Crippen LogP contribution is -1.99. The number of nitriles is 1. The second kappa shape index (κ2) is 9.17. The predicted molar refractivity (Wildman–Crippen MR) is 101 cm³/mol. The lowest BCUT2D eigenvalue weighted by Gasteiger charge is -2.02. The number of benzene rings is 2. The number of nitrogens with zero attached hydrogens (tertiary/aromatic N) is 1. The first kappa shape index (κ1) is 19.8. The van der Waals surface area contributed by atoms with Gasteiger partial charge >= 0.3 is 0 Å². The minimum atomic E-state index is -0.522. The molecule has 0 radical (unpaired) electrons. The van der Waals surface area contributed by atoms with Gasteiger partial charge in [-0.1, -0.05) is 29.3 Å². The Morgan fingerprint density at radius 2 is 1.50 bits per heavy atom. The fourth-order valence-corrected chi connectivity index (χ4v) is 3.00. The molecule has 2 N–H and O–H groups in total. The molecule has 0 spiro atoms. The van der Waals surface area contributed by atoms with E-state index in [1.165, 1.54) is 12.1 Å². The highest BCUT2D eigenvalue weighted by molar-refractivity contribution is 14.1. The van der Waals surface area contributed by atoms with E-state index in [1.54, 1.807) is 18.2 Å². The first-order chi connectivity index (χ1) is 10.3. The van der Waals surface area contributed by atoms with E-state index in [2.05, 4.69) is 0 Å². The molecule has 2 aromatic carbocycles. The molecule has 0 aliphatic heterocycles. The topological polar surface area (TPSA) is 49.8 Å².